The van der Waals surface area contributed by atoms with Crippen LogP contribution in [-0.4, -0.2) is 22.6 Å². The SMILES string of the molecule is CC(C)(C)OC(=O)Nc1cc(NC(=O)/C=C/c2cscn2)ccc1F. The lowest BCUT2D eigenvalue weighted by atomic mass is 10.2. The molecule has 8 heteroatoms. The average molecular weight is 363 g/mol. The third-order valence-electron chi connectivity index (χ3n) is 2.73. The molecule has 1 aromatic heterocycles. The number of carbonyl (C=O) groups excluding carboxylic acids is 2. The van der Waals surface area contributed by atoms with E-state index in [-0.39, 0.29) is 5.69 Å². The highest BCUT2D eigenvalue weighted by atomic mass is 32.1. The largest absolute Gasteiger partial charge is 0.444 e. The number of carbonyl (C=O) groups is 2. The predicted molar refractivity (Wildman–Crippen MR) is 96.0 cm³/mol. The Morgan fingerprint density at radius 2 is 2.04 bits per heavy atom. The fourth-order valence-electron chi connectivity index (χ4n) is 1.76. The summed E-state index contributed by atoms with van der Waals surface area (Å²) >= 11 is 1.42. The number of rotatable bonds is 4. The van der Waals surface area contributed by atoms with Crippen LogP contribution in [0.5, 0.6) is 0 Å². The van der Waals surface area contributed by atoms with Crippen molar-refractivity contribution in [2.45, 2.75) is 26.4 Å². The normalized spacial score (nSPS) is 11.4. The van der Waals surface area contributed by atoms with Crippen LogP contribution >= 0.6 is 11.3 Å². The van der Waals surface area contributed by atoms with Crippen LogP contribution in [0.2, 0.25) is 0 Å². The second-order valence-electron chi connectivity index (χ2n) is 6.06. The van der Waals surface area contributed by atoms with Gasteiger partial charge in [-0.15, -0.1) is 11.3 Å². The molecule has 2 amide bonds. The predicted octanol–water partition coefficient (Wildman–Crippen LogP) is 4.28. The van der Waals surface area contributed by atoms with E-state index in [9.17, 15) is 14.0 Å². The Hall–Kier alpha value is -2.74. The molecule has 2 N–H and O–H groups in total. The maximum atomic E-state index is 13.8. The van der Waals surface area contributed by atoms with Gasteiger partial charge in [0.05, 0.1) is 16.9 Å². The van der Waals surface area contributed by atoms with Crippen molar-refractivity contribution in [3.8, 4) is 0 Å². The molecule has 0 spiro atoms. The lowest BCUT2D eigenvalue weighted by Crippen LogP contribution is -2.27. The fraction of sp³-hybridized carbons (Fsp3) is 0.235. The molecule has 1 aromatic carbocycles. The van der Waals surface area contributed by atoms with Crippen LogP contribution in [0, 0.1) is 5.82 Å². The molecule has 0 aliphatic carbocycles. The Morgan fingerprint density at radius 3 is 2.68 bits per heavy atom. The van der Waals surface area contributed by atoms with Crippen molar-refractivity contribution >= 4 is 40.8 Å². The highest BCUT2D eigenvalue weighted by Gasteiger charge is 2.17. The van der Waals surface area contributed by atoms with Gasteiger partial charge in [-0.3, -0.25) is 10.1 Å². The van der Waals surface area contributed by atoms with E-state index < -0.39 is 23.4 Å². The Labute approximate surface area is 148 Å². The molecular weight excluding hydrogens is 345 g/mol. The quantitative estimate of drug-likeness (QED) is 0.795. The summed E-state index contributed by atoms with van der Waals surface area (Å²) in [7, 11) is 0. The molecule has 0 saturated heterocycles. The standard InChI is InChI=1S/C17H18FN3O3S/c1-17(2,3)24-16(23)21-14-8-11(4-6-13(14)18)20-15(22)7-5-12-9-25-10-19-12/h4-10H,1-3H3,(H,20,22)(H,21,23)/b7-5+. The summed E-state index contributed by atoms with van der Waals surface area (Å²) in [5.41, 5.74) is 1.88. The maximum absolute atomic E-state index is 13.8. The Morgan fingerprint density at radius 1 is 1.28 bits per heavy atom. The number of hydrogen-bond donors (Lipinski definition) is 2. The Balaban J connectivity index is 2.02. The van der Waals surface area contributed by atoms with Crippen molar-refractivity contribution in [3.05, 3.63) is 46.7 Å². The van der Waals surface area contributed by atoms with Crippen LogP contribution in [0.15, 0.2) is 35.2 Å². The van der Waals surface area contributed by atoms with Gasteiger partial charge in [-0.25, -0.2) is 14.2 Å². The minimum Gasteiger partial charge on any atom is -0.444 e. The first-order chi connectivity index (χ1) is 11.7. The average Bonchev–Trinajstić information content (AvgIpc) is 3.00. The van der Waals surface area contributed by atoms with Gasteiger partial charge in [0.1, 0.15) is 11.4 Å². The minimum atomic E-state index is -0.779. The second kappa shape index (κ2) is 7.89. The summed E-state index contributed by atoms with van der Waals surface area (Å²) < 4.78 is 18.9. The summed E-state index contributed by atoms with van der Waals surface area (Å²) in [5, 5.41) is 6.70. The molecule has 1 heterocycles. The van der Waals surface area contributed by atoms with Gasteiger partial charge in [-0.1, -0.05) is 0 Å². The highest BCUT2D eigenvalue weighted by Crippen LogP contribution is 2.21. The summed E-state index contributed by atoms with van der Waals surface area (Å²) in [6.07, 6.45) is 2.10. The summed E-state index contributed by atoms with van der Waals surface area (Å²) in [5.74, 6) is -1.04. The van der Waals surface area contributed by atoms with Gasteiger partial charge in [-0.05, 0) is 45.0 Å². The molecule has 25 heavy (non-hydrogen) atoms. The van der Waals surface area contributed by atoms with Gasteiger partial charge >= 0.3 is 6.09 Å². The van der Waals surface area contributed by atoms with Gasteiger partial charge in [-0.2, -0.15) is 0 Å². The van der Waals surface area contributed by atoms with Crippen LogP contribution in [0.1, 0.15) is 26.5 Å². The number of ether oxygens (including phenoxy) is 1. The lowest BCUT2D eigenvalue weighted by molar-refractivity contribution is -0.111. The van der Waals surface area contributed by atoms with Crippen LogP contribution in [0.4, 0.5) is 20.6 Å². The van der Waals surface area contributed by atoms with E-state index in [0.717, 1.165) is 6.07 Å². The third kappa shape index (κ3) is 6.34. The summed E-state index contributed by atoms with van der Waals surface area (Å²) in [6, 6.07) is 3.85. The molecule has 0 bridgehead atoms. The van der Waals surface area contributed by atoms with Gasteiger partial charge in [0.2, 0.25) is 5.91 Å². The van der Waals surface area contributed by atoms with Crippen molar-refractivity contribution in [1.29, 1.82) is 0 Å². The van der Waals surface area contributed by atoms with Crippen molar-refractivity contribution in [2.24, 2.45) is 0 Å². The molecule has 132 valence electrons. The Bertz CT molecular complexity index is 783. The molecule has 0 aliphatic rings. The van der Waals surface area contributed by atoms with Crippen LogP contribution in [0.3, 0.4) is 0 Å². The van der Waals surface area contributed by atoms with E-state index in [1.54, 1.807) is 37.7 Å². The Kier molecular flexibility index (Phi) is 5.87. The second-order valence-corrected chi connectivity index (χ2v) is 6.78. The number of nitrogens with zero attached hydrogens (tertiary/aromatic N) is 1. The van der Waals surface area contributed by atoms with Gasteiger partial charge in [0.25, 0.3) is 0 Å². The minimum absolute atomic E-state index is 0.0875. The molecule has 6 nitrogen and oxygen atoms in total. The van der Waals surface area contributed by atoms with Crippen LogP contribution < -0.4 is 10.6 Å². The third-order valence-corrected chi connectivity index (χ3v) is 3.33. The number of benzene rings is 1. The molecule has 0 aliphatic heterocycles. The maximum Gasteiger partial charge on any atom is 0.412 e. The zero-order valence-electron chi connectivity index (χ0n) is 14.0. The van der Waals surface area contributed by atoms with E-state index in [1.807, 2.05) is 0 Å². The molecule has 0 saturated carbocycles. The first-order valence-electron chi connectivity index (χ1n) is 7.40. The van der Waals surface area contributed by atoms with E-state index in [2.05, 4.69) is 15.6 Å². The molecule has 0 atom stereocenters. The first-order valence-corrected chi connectivity index (χ1v) is 8.34. The molecule has 2 aromatic rings. The summed E-state index contributed by atoms with van der Waals surface area (Å²) in [6.45, 7) is 5.11. The van der Waals surface area contributed by atoms with E-state index in [1.165, 1.54) is 29.5 Å². The summed E-state index contributed by atoms with van der Waals surface area (Å²) in [4.78, 5) is 27.7. The smallest absolute Gasteiger partial charge is 0.412 e. The number of thiazole rings is 1. The number of nitrogens with one attached hydrogen (secondary N) is 2. The topological polar surface area (TPSA) is 80.3 Å². The number of aromatic nitrogens is 1. The highest BCUT2D eigenvalue weighted by molar-refractivity contribution is 7.07. The monoisotopic (exact) mass is 363 g/mol. The van der Waals surface area contributed by atoms with Crippen LogP contribution in [-0.2, 0) is 9.53 Å². The zero-order chi connectivity index (χ0) is 18.4. The van der Waals surface area contributed by atoms with Crippen molar-refractivity contribution in [2.75, 3.05) is 10.6 Å². The number of amides is 2. The van der Waals surface area contributed by atoms with Gasteiger partial charge < -0.3 is 10.1 Å². The van der Waals surface area contributed by atoms with Crippen LogP contribution in [0.25, 0.3) is 6.08 Å². The van der Waals surface area contributed by atoms with Gasteiger partial charge in [0, 0.05) is 17.1 Å². The van der Waals surface area contributed by atoms with Crippen molar-refractivity contribution < 1.29 is 18.7 Å². The fourth-order valence-corrected chi connectivity index (χ4v) is 2.28. The molecule has 2 rings (SSSR count). The van der Waals surface area contributed by atoms with E-state index in [0.29, 0.717) is 11.4 Å². The molecular formula is C17H18FN3O3S. The molecule has 0 radical (unpaired) electrons. The molecule has 0 fully saturated rings. The van der Waals surface area contributed by atoms with Crippen molar-refractivity contribution in [3.63, 3.8) is 0 Å². The first kappa shape index (κ1) is 18.6. The lowest BCUT2D eigenvalue weighted by Gasteiger charge is -2.20. The number of anilines is 2. The number of hydrogen-bond acceptors (Lipinski definition) is 5. The molecule has 0 unspecified atom stereocenters. The van der Waals surface area contributed by atoms with E-state index >= 15 is 0 Å². The number of halogens is 1. The van der Waals surface area contributed by atoms with Crippen molar-refractivity contribution in [1.82, 2.24) is 4.98 Å². The zero-order valence-corrected chi connectivity index (χ0v) is 14.8. The van der Waals surface area contributed by atoms with E-state index in [4.69, 9.17) is 4.74 Å². The van der Waals surface area contributed by atoms with Gasteiger partial charge in [0.15, 0.2) is 0 Å².